The Kier molecular flexibility index (Phi) is 3.04. The highest BCUT2D eigenvalue weighted by Gasteiger charge is 2.24. The van der Waals surface area contributed by atoms with Gasteiger partial charge in [0.2, 0.25) is 0 Å². The van der Waals surface area contributed by atoms with Crippen LogP contribution in [-0.4, -0.2) is 11.2 Å². The van der Waals surface area contributed by atoms with E-state index in [0.29, 0.717) is 6.10 Å². The molecule has 20 heavy (non-hydrogen) atoms. The molecule has 1 saturated carbocycles. The van der Waals surface area contributed by atoms with E-state index in [4.69, 9.17) is 4.74 Å². The fraction of sp³-hybridized carbons (Fsp3) is 0.412. The third-order valence-electron chi connectivity index (χ3n) is 4.04. The first-order chi connectivity index (χ1) is 9.79. The summed E-state index contributed by atoms with van der Waals surface area (Å²) in [5.74, 6) is 0.883. The zero-order valence-electron chi connectivity index (χ0n) is 11.3. The number of aryl methyl sites for hydroxylation is 2. The lowest BCUT2D eigenvalue weighted by molar-refractivity contribution is 0.223. The van der Waals surface area contributed by atoms with Gasteiger partial charge in [-0.1, -0.05) is 12.1 Å². The second-order valence-electron chi connectivity index (χ2n) is 5.74. The Balaban J connectivity index is 1.58. The summed E-state index contributed by atoms with van der Waals surface area (Å²) in [5.41, 5.74) is 2.37. The topological polar surface area (TPSA) is 29.5 Å². The van der Waals surface area contributed by atoms with Crippen LogP contribution in [0.15, 0.2) is 30.3 Å². The first-order valence-electron chi connectivity index (χ1n) is 7.36. The number of benzene rings is 1. The monoisotopic (exact) mass is 286 g/mol. The number of hydrogen-bond acceptors (Lipinski definition) is 3. The van der Waals surface area contributed by atoms with Crippen LogP contribution in [0.3, 0.4) is 0 Å². The number of hydrogen-bond donors (Lipinski definition) is 1. The minimum absolute atomic E-state index is 0.396. The number of aliphatic hydroxyl groups excluding tert-OH is 1. The van der Waals surface area contributed by atoms with E-state index in [0.717, 1.165) is 29.0 Å². The Morgan fingerprint density at radius 1 is 1.20 bits per heavy atom. The summed E-state index contributed by atoms with van der Waals surface area (Å²) >= 11 is 1.77. The van der Waals surface area contributed by atoms with Gasteiger partial charge in [0.25, 0.3) is 0 Å². The van der Waals surface area contributed by atoms with Crippen molar-refractivity contribution in [1.82, 2.24) is 0 Å². The second kappa shape index (κ2) is 4.90. The molecule has 2 aliphatic carbocycles. The van der Waals surface area contributed by atoms with E-state index >= 15 is 0 Å². The van der Waals surface area contributed by atoms with Crippen molar-refractivity contribution in [3.05, 3.63) is 51.2 Å². The smallest absolute Gasteiger partial charge is 0.120 e. The quantitative estimate of drug-likeness (QED) is 0.925. The molecule has 2 nitrogen and oxygen atoms in total. The predicted octanol–water partition coefficient (Wildman–Crippen LogP) is 3.86. The molecule has 2 aromatic rings. The molecular weight excluding hydrogens is 268 g/mol. The van der Waals surface area contributed by atoms with Gasteiger partial charge in [0.1, 0.15) is 11.9 Å². The number of fused-ring (bicyclic) bond motifs is 1. The minimum atomic E-state index is -0.520. The molecule has 1 aromatic carbocycles. The maximum absolute atomic E-state index is 10.6. The molecule has 1 fully saturated rings. The Morgan fingerprint density at radius 3 is 2.90 bits per heavy atom. The lowest BCUT2D eigenvalue weighted by atomic mass is 10.1. The predicted molar refractivity (Wildman–Crippen MR) is 80.5 cm³/mol. The van der Waals surface area contributed by atoms with Gasteiger partial charge < -0.3 is 9.84 Å². The highest BCUT2D eigenvalue weighted by Crippen LogP contribution is 2.37. The lowest BCUT2D eigenvalue weighted by Gasteiger charge is -2.11. The van der Waals surface area contributed by atoms with Gasteiger partial charge in [-0.15, -0.1) is 11.3 Å². The van der Waals surface area contributed by atoms with Gasteiger partial charge in [-0.3, -0.25) is 0 Å². The Bertz CT molecular complexity index is 606. The largest absolute Gasteiger partial charge is 0.490 e. The molecule has 1 unspecified atom stereocenters. The van der Waals surface area contributed by atoms with Crippen molar-refractivity contribution in [2.24, 2.45) is 0 Å². The van der Waals surface area contributed by atoms with Crippen molar-refractivity contribution in [2.75, 3.05) is 0 Å². The summed E-state index contributed by atoms with van der Waals surface area (Å²) in [7, 11) is 0. The average molecular weight is 286 g/mol. The van der Waals surface area contributed by atoms with Crippen LogP contribution in [0, 0.1) is 0 Å². The maximum atomic E-state index is 10.6. The van der Waals surface area contributed by atoms with E-state index in [2.05, 4.69) is 6.07 Å². The molecule has 0 aliphatic heterocycles. The molecule has 0 radical (unpaired) electrons. The molecule has 1 atom stereocenters. The Hall–Kier alpha value is -1.32. The Labute approximate surface area is 123 Å². The van der Waals surface area contributed by atoms with E-state index in [-0.39, 0.29) is 0 Å². The SMILES string of the molecule is OC(c1cccc(OC2CC2)c1)c1cc2c(s1)CCC2. The highest BCUT2D eigenvalue weighted by molar-refractivity contribution is 7.12. The van der Waals surface area contributed by atoms with Crippen molar-refractivity contribution >= 4 is 11.3 Å². The average Bonchev–Trinajstić information content (AvgIpc) is 3.00. The van der Waals surface area contributed by atoms with Crippen LogP contribution in [0.5, 0.6) is 5.75 Å². The molecule has 0 saturated heterocycles. The summed E-state index contributed by atoms with van der Waals surface area (Å²) in [5, 5.41) is 10.6. The van der Waals surface area contributed by atoms with Crippen LogP contribution in [0.1, 0.15) is 46.2 Å². The molecule has 1 heterocycles. The van der Waals surface area contributed by atoms with Gasteiger partial charge in [-0.05, 0) is 61.4 Å². The molecule has 0 amide bonds. The van der Waals surface area contributed by atoms with Gasteiger partial charge in [-0.2, -0.15) is 0 Å². The van der Waals surface area contributed by atoms with Gasteiger partial charge in [-0.25, -0.2) is 0 Å². The van der Waals surface area contributed by atoms with E-state index in [1.165, 1.54) is 29.7 Å². The number of rotatable bonds is 4. The van der Waals surface area contributed by atoms with Crippen molar-refractivity contribution in [3.8, 4) is 5.75 Å². The summed E-state index contributed by atoms with van der Waals surface area (Å²) in [4.78, 5) is 2.53. The first kappa shape index (κ1) is 12.4. The van der Waals surface area contributed by atoms with E-state index in [1.54, 1.807) is 11.3 Å². The maximum Gasteiger partial charge on any atom is 0.120 e. The molecule has 104 valence electrons. The molecule has 1 N–H and O–H groups in total. The summed E-state index contributed by atoms with van der Waals surface area (Å²) in [6.45, 7) is 0. The van der Waals surface area contributed by atoms with E-state index in [1.807, 2.05) is 24.3 Å². The fourth-order valence-electron chi connectivity index (χ4n) is 2.79. The lowest BCUT2D eigenvalue weighted by Crippen LogP contribution is -2.00. The molecule has 0 bridgehead atoms. The van der Waals surface area contributed by atoms with Crippen LogP contribution < -0.4 is 4.74 Å². The third-order valence-corrected chi connectivity index (χ3v) is 5.33. The van der Waals surface area contributed by atoms with Gasteiger partial charge in [0.05, 0.1) is 6.10 Å². The number of ether oxygens (including phenoxy) is 1. The van der Waals surface area contributed by atoms with Gasteiger partial charge in [0.15, 0.2) is 0 Å². The van der Waals surface area contributed by atoms with Crippen molar-refractivity contribution in [1.29, 1.82) is 0 Å². The Morgan fingerprint density at radius 2 is 2.10 bits per heavy atom. The van der Waals surface area contributed by atoms with E-state index < -0.39 is 6.10 Å². The van der Waals surface area contributed by atoms with Gasteiger partial charge >= 0.3 is 0 Å². The third kappa shape index (κ3) is 2.36. The van der Waals surface area contributed by atoms with Crippen molar-refractivity contribution < 1.29 is 9.84 Å². The van der Waals surface area contributed by atoms with Crippen LogP contribution in [0.4, 0.5) is 0 Å². The van der Waals surface area contributed by atoms with Crippen LogP contribution in [-0.2, 0) is 12.8 Å². The van der Waals surface area contributed by atoms with Crippen LogP contribution >= 0.6 is 11.3 Å². The normalized spacial score (nSPS) is 18.9. The number of aliphatic hydroxyl groups is 1. The van der Waals surface area contributed by atoms with E-state index in [9.17, 15) is 5.11 Å². The van der Waals surface area contributed by atoms with Gasteiger partial charge in [0, 0.05) is 9.75 Å². The molecule has 4 rings (SSSR count). The molecule has 1 aromatic heterocycles. The number of thiophene rings is 1. The summed E-state index contributed by atoms with van der Waals surface area (Å²) < 4.78 is 5.81. The van der Waals surface area contributed by atoms with Crippen LogP contribution in [0.2, 0.25) is 0 Å². The molecular formula is C17H18O2S. The second-order valence-corrected chi connectivity index (χ2v) is 6.91. The summed E-state index contributed by atoms with van der Waals surface area (Å²) in [6, 6.07) is 10.1. The van der Waals surface area contributed by atoms with Crippen molar-refractivity contribution in [2.45, 2.75) is 44.3 Å². The highest BCUT2D eigenvalue weighted by atomic mass is 32.1. The zero-order chi connectivity index (χ0) is 13.5. The first-order valence-corrected chi connectivity index (χ1v) is 8.17. The van der Waals surface area contributed by atoms with Crippen LogP contribution in [0.25, 0.3) is 0 Å². The molecule has 0 spiro atoms. The molecule has 2 aliphatic rings. The van der Waals surface area contributed by atoms with Crippen molar-refractivity contribution in [3.63, 3.8) is 0 Å². The molecule has 3 heteroatoms. The summed E-state index contributed by atoms with van der Waals surface area (Å²) in [6.07, 6.45) is 5.80. The fourth-order valence-corrected chi connectivity index (χ4v) is 4.06. The zero-order valence-corrected chi connectivity index (χ0v) is 12.2. The minimum Gasteiger partial charge on any atom is -0.490 e. The standard InChI is InChI=1S/C17H18O2S/c18-17(16-10-11-3-2-6-15(11)20-16)12-4-1-5-14(9-12)19-13-7-8-13/h1,4-5,9-10,13,17-18H,2-3,6-8H2.